The Labute approximate surface area is 218 Å². The SMILES string of the molecule is CCCCCCCn1nc(NCCCCc2cccc(SC(C)(C)C(=O)OCC)c2)c(=O)n(C)c1=O. The summed E-state index contributed by atoms with van der Waals surface area (Å²) in [7, 11) is 1.50. The molecule has 8 nitrogen and oxygen atoms in total. The van der Waals surface area contributed by atoms with Crippen LogP contribution in [0.4, 0.5) is 5.82 Å². The van der Waals surface area contributed by atoms with Crippen molar-refractivity contribution >= 4 is 23.5 Å². The number of benzene rings is 1. The normalized spacial score (nSPS) is 11.5. The monoisotopic (exact) mass is 518 g/mol. The summed E-state index contributed by atoms with van der Waals surface area (Å²) in [6, 6.07) is 8.22. The molecule has 0 fully saturated rings. The third kappa shape index (κ3) is 9.15. The fourth-order valence-corrected chi connectivity index (χ4v) is 4.90. The lowest BCUT2D eigenvalue weighted by Gasteiger charge is -2.21. The molecule has 0 atom stereocenters. The molecule has 0 aliphatic carbocycles. The molecule has 1 N–H and O–H groups in total. The van der Waals surface area contributed by atoms with Gasteiger partial charge in [0.2, 0.25) is 5.82 Å². The molecule has 0 unspecified atom stereocenters. The molecule has 0 radical (unpaired) electrons. The second-order valence-electron chi connectivity index (χ2n) is 9.50. The van der Waals surface area contributed by atoms with Gasteiger partial charge in [-0.2, -0.15) is 0 Å². The lowest BCUT2D eigenvalue weighted by molar-refractivity contribution is -0.145. The van der Waals surface area contributed by atoms with Crippen molar-refractivity contribution in [2.75, 3.05) is 18.5 Å². The van der Waals surface area contributed by atoms with E-state index in [1.807, 2.05) is 32.9 Å². The van der Waals surface area contributed by atoms with Crippen LogP contribution in [0.15, 0.2) is 38.8 Å². The summed E-state index contributed by atoms with van der Waals surface area (Å²) in [6.07, 6.45) is 8.10. The first-order chi connectivity index (χ1) is 17.2. The molecule has 1 heterocycles. The molecule has 200 valence electrons. The maximum Gasteiger partial charge on any atom is 0.347 e. The Hall–Kier alpha value is -2.55. The number of nitrogens with zero attached hydrogens (tertiary/aromatic N) is 3. The summed E-state index contributed by atoms with van der Waals surface area (Å²) in [4.78, 5) is 38.1. The van der Waals surface area contributed by atoms with Crippen molar-refractivity contribution in [1.29, 1.82) is 0 Å². The van der Waals surface area contributed by atoms with Crippen molar-refractivity contribution in [3.63, 3.8) is 0 Å². The lowest BCUT2D eigenvalue weighted by Crippen LogP contribution is -2.41. The van der Waals surface area contributed by atoms with Crippen LogP contribution in [-0.2, 0) is 29.5 Å². The minimum atomic E-state index is -0.649. The number of hydrogen-bond donors (Lipinski definition) is 1. The summed E-state index contributed by atoms with van der Waals surface area (Å²) in [5.41, 5.74) is 0.437. The highest BCUT2D eigenvalue weighted by Gasteiger charge is 2.30. The minimum absolute atomic E-state index is 0.214. The maximum absolute atomic E-state index is 12.5. The minimum Gasteiger partial charge on any atom is -0.465 e. The standard InChI is InChI=1S/C27H42N4O4S/c1-6-8-9-10-13-19-31-26(34)30(5)24(32)23(29-31)28-18-12-11-15-21-16-14-17-22(20-21)36-27(3,4)25(33)35-7-2/h14,16-17,20H,6-13,15,18-19H2,1-5H3,(H,28,29). The van der Waals surface area contributed by atoms with Gasteiger partial charge in [-0.25, -0.2) is 9.48 Å². The predicted octanol–water partition coefficient (Wildman–Crippen LogP) is 4.78. The second-order valence-corrected chi connectivity index (χ2v) is 11.2. The zero-order valence-corrected chi connectivity index (χ0v) is 23.3. The van der Waals surface area contributed by atoms with E-state index in [9.17, 15) is 14.4 Å². The number of anilines is 1. The van der Waals surface area contributed by atoms with E-state index in [4.69, 9.17) is 4.74 Å². The largest absolute Gasteiger partial charge is 0.465 e. The smallest absolute Gasteiger partial charge is 0.347 e. The number of esters is 1. The Morgan fingerprint density at radius 3 is 2.56 bits per heavy atom. The number of thioether (sulfide) groups is 1. The number of unbranched alkanes of at least 4 members (excludes halogenated alkanes) is 5. The third-order valence-corrected chi connectivity index (χ3v) is 7.10. The molecule has 0 aliphatic heterocycles. The molecule has 1 aromatic carbocycles. The van der Waals surface area contributed by atoms with Crippen LogP contribution in [0.25, 0.3) is 0 Å². The van der Waals surface area contributed by atoms with Gasteiger partial charge in [0.15, 0.2) is 0 Å². The van der Waals surface area contributed by atoms with E-state index in [1.54, 1.807) is 0 Å². The number of aromatic nitrogens is 3. The first-order valence-corrected chi connectivity index (χ1v) is 13.9. The van der Waals surface area contributed by atoms with Crippen LogP contribution in [0.2, 0.25) is 0 Å². The van der Waals surface area contributed by atoms with Crippen LogP contribution in [-0.4, -0.2) is 38.2 Å². The Balaban J connectivity index is 1.87. The number of carbonyl (C=O) groups is 1. The van der Waals surface area contributed by atoms with Crippen LogP contribution in [0.3, 0.4) is 0 Å². The van der Waals surface area contributed by atoms with E-state index < -0.39 is 10.3 Å². The number of ether oxygens (including phenoxy) is 1. The summed E-state index contributed by atoms with van der Waals surface area (Å²) < 4.78 is 7.06. The zero-order chi connectivity index (χ0) is 26.6. The van der Waals surface area contributed by atoms with Gasteiger partial charge in [-0.3, -0.25) is 14.2 Å². The van der Waals surface area contributed by atoms with E-state index >= 15 is 0 Å². The molecule has 0 spiro atoms. The number of rotatable bonds is 16. The molecule has 0 amide bonds. The van der Waals surface area contributed by atoms with E-state index in [2.05, 4.69) is 29.5 Å². The number of hydrogen-bond acceptors (Lipinski definition) is 7. The highest BCUT2D eigenvalue weighted by molar-refractivity contribution is 8.01. The van der Waals surface area contributed by atoms with Gasteiger partial charge >= 0.3 is 11.7 Å². The second kappa shape index (κ2) is 14.9. The fourth-order valence-electron chi connectivity index (χ4n) is 3.81. The molecular weight excluding hydrogens is 476 g/mol. The summed E-state index contributed by atoms with van der Waals surface area (Å²) in [5, 5.41) is 7.42. The van der Waals surface area contributed by atoms with Crippen molar-refractivity contribution in [1.82, 2.24) is 14.3 Å². The molecule has 2 aromatic rings. The highest BCUT2D eigenvalue weighted by atomic mass is 32.2. The fraction of sp³-hybridized carbons (Fsp3) is 0.630. The summed E-state index contributed by atoms with van der Waals surface area (Å²) in [6.45, 7) is 9.23. The van der Waals surface area contributed by atoms with Crippen LogP contribution >= 0.6 is 11.8 Å². The Bertz CT molecular complexity index is 1090. The van der Waals surface area contributed by atoms with Gasteiger partial charge in [0.1, 0.15) is 4.75 Å². The average molecular weight is 519 g/mol. The molecule has 0 bridgehead atoms. The van der Waals surface area contributed by atoms with Gasteiger partial charge in [0, 0.05) is 25.0 Å². The molecule has 9 heteroatoms. The Kier molecular flexibility index (Phi) is 12.3. The number of nitrogens with one attached hydrogen (secondary N) is 1. The van der Waals surface area contributed by atoms with Gasteiger partial charge < -0.3 is 10.1 Å². The molecular formula is C27H42N4O4S. The van der Waals surface area contributed by atoms with E-state index in [0.717, 1.165) is 48.0 Å². The maximum atomic E-state index is 12.5. The highest BCUT2D eigenvalue weighted by Crippen LogP contribution is 2.34. The van der Waals surface area contributed by atoms with Crippen molar-refractivity contribution in [2.24, 2.45) is 7.05 Å². The molecule has 0 saturated heterocycles. The number of aryl methyl sites for hydroxylation is 2. The van der Waals surface area contributed by atoms with Gasteiger partial charge in [-0.05, 0) is 64.2 Å². The summed E-state index contributed by atoms with van der Waals surface area (Å²) in [5.74, 6) is 0.0132. The molecule has 1 aromatic heterocycles. The average Bonchev–Trinajstić information content (AvgIpc) is 2.84. The van der Waals surface area contributed by atoms with Gasteiger partial charge in [-0.15, -0.1) is 16.9 Å². The molecule has 0 aliphatic rings. The quantitative estimate of drug-likeness (QED) is 0.194. The van der Waals surface area contributed by atoms with Crippen LogP contribution in [0, 0.1) is 0 Å². The predicted molar refractivity (Wildman–Crippen MR) is 147 cm³/mol. The van der Waals surface area contributed by atoms with E-state index in [-0.39, 0.29) is 17.5 Å². The third-order valence-electron chi connectivity index (χ3n) is 5.93. The Morgan fingerprint density at radius 2 is 1.83 bits per heavy atom. The van der Waals surface area contributed by atoms with Gasteiger partial charge in [0.25, 0.3) is 5.56 Å². The molecule has 36 heavy (non-hydrogen) atoms. The van der Waals surface area contributed by atoms with Gasteiger partial charge in [0.05, 0.1) is 6.61 Å². The van der Waals surface area contributed by atoms with Crippen molar-refractivity contribution < 1.29 is 9.53 Å². The lowest BCUT2D eigenvalue weighted by atomic mass is 10.1. The van der Waals surface area contributed by atoms with Crippen molar-refractivity contribution in [2.45, 2.75) is 95.2 Å². The topological polar surface area (TPSA) is 95.2 Å². The number of carbonyl (C=O) groups excluding carboxylic acids is 1. The molecule has 2 rings (SSSR count). The molecule has 0 saturated carbocycles. The van der Waals surface area contributed by atoms with Gasteiger partial charge in [-0.1, -0.05) is 44.7 Å². The van der Waals surface area contributed by atoms with Crippen molar-refractivity contribution in [3.8, 4) is 0 Å². The first-order valence-electron chi connectivity index (χ1n) is 13.1. The van der Waals surface area contributed by atoms with Crippen LogP contribution < -0.4 is 16.6 Å². The van der Waals surface area contributed by atoms with Crippen LogP contribution in [0.1, 0.15) is 78.2 Å². The van der Waals surface area contributed by atoms with Crippen LogP contribution in [0.5, 0.6) is 0 Å². The summed E-state index contributed by atoms with van der Waals surface area (Å²) >= 11 is 1.50. The zero-order valence-electron chi connectivity index (χ0n) is 22.5. The van der Waals surface area contributed by atoms with E-state index in [1.165, 1.54) is 41.9 Å². The first kappa shape index (κ1) is 29.7. The van der Waals surface area contributed by atoms with Crippen molar-refractivity contribution in [3.05, 3.63) is 50.7 Å². The van der Waals surface area contributed by atoms with E-state index in [0.29, 0.717) is 19.7 Å². The Morgan fingerprint density at radius 1 is 1.08 bits per heavy atom.